The first-order chi connectivity index (χ1) is 8.54. The van der Waals surface area contributed by atoms with Crippen molar-refractivity contribution < 1.29 is 23.8 Å². The lowest BCUT2D eigenvalue weighted by Gasteiger charge is -2.11. The molecule has 0 unspecified atom stereocenters. The van der Waals surface area contributed by atoms with Crippen LogP contribution in [0.3, 0.4) is 0 Å². The maximum Gasteiger partial charge on any atom is 0.340 e. The van der Waals surface area contributed by atoms with Crippen molar-refractivity contribution in [2.24, 2.45) is 0 Å². The van der Waals surface area contributed by atoms with Gasteiger partial charge in [0.05, 0.1) is 37.6 Å². The Kier molecular flexibility index (Phi) is 4.53. The maximum atomic E-state index is 11.7. The van der Waals surface area contributed by atoms with E-state index in [4.69, 9.17) is 15.2 Å². The molecule has 0 aliphatic rings. The molecule has 0 atom stereocenters. The molecule has 18 heavy (non-hydrogen) atoms. The van der Waals surface area contributed by atoms with Gasteiger partial charge in [-0.2, -0.15) is 0 Å². The molecule has 1 aromatic carbocycles. The molecule has 0 heterocycles. The lowest BCUT2D eigenvalue weighted by atomic mass is 10.1. The van der Waals surface area contributed by atoms with Crippen LogP contribution in [0.15, 0.2) is 12.1 Å². The van der Waals surface area contributed by atoms with Crippen molar-refractivity contribution in [1.82, 2.24) is 0 Å². The third-order valence-electron chi connectivity index (χ3n) is 2.28. The molecule has 98 valence electrons. The molecule has 0 saturated carbocycles. The van der Waals surface area contributed by atoms with Gasteiger partial charge in [0.15, 0.2) is 0 Å². The largest absolute Gasteiger partial charge is 0.495 e. The van der Waals surface area contributed by atoms with E-state index in [9.17, 15) is 9.59 Å². The number of benzene rings is 1. The van der Waals surface area contributed by atoms with Crippen LogP contribution >= 0.6 is 0 Å². The first-order valence-corrected chi connectivity index (χ1v) is 5.28. The number of nitrogens with two attached hydrogens (primary N) is 1. The van der Waals surface area contributed by atoms with Crippen molar-refractivity contribution in [3.63, 3.8) is 0 Å². The molecule has 6 heteroatoms. The number of methoxy groups -OCH3 is 2. The number of anilines is 1. The van der Waals surface area contributed by atoms with E-state index in [2.05, 4.69) is 4.74 Å². The van der Waals surface area contributed by atoms with Gasteiger partial charge in [-0.3, -0.25) is 0 Å². The molecule has 0 fully saturated rings. The van der Waals surface area contributed by atoms with Gasteiger partial charge in [0, 0.05) is 0 Å². The van der Waals surface area contributed by atoms with Gasteiger partial charge >= 0.3 is 11.9 Å². The fraction of sp³-hybridized carbons (Fsp3) is 0.333. The van der Waals surface area contributed by atoms with Gasteiger partial charge in [0.25, 0.3) is 0 Å². The number of nitrogen functional groups attached to an aromatic ring is 1. The summed E-state index contributed by atoms with van der Waals surface area (Å²) in [6.45, 7) is 1.89. The molecule has 0 aliphatic carbocycles. The van der Waals surface area contributed by atoms with Crippen molar-refractivity contribution >= 4 is 17.6 Å². The quantitative estimate of drug-likeness (QED) is 0.641. The van der Waals surface area contributed by atoms with Crippen LogP contribution in [0.1, 0.15) is 27.6 Å². The van der Waals surface area contributed by atoms with Crippen molar-refractivity contribution in [3.8, 4) is 5.75 Å². The zero-order chi connectivity index (χ0) is 13.7. The summed E-state index contributed by atoms with van der Waals surface area (Å²) in [5.41, 5.74) is 6.14. The van der Waals surface area contributed by atoms with E-state index in [0.717, 1.165) is 0 Å². The highest BCUT2D eigenvalue weighted by atomic mass is 16.5. The van der Waals surface area contributed by atoms with Crippen molar-refractivity contribution in [1.29, 1.82) is 0 Å². The Hall–Kier alpha value is -2.24. The SMILES string of the molecule is CCOC(=O)c1cc(C(=O)OC)cc(OC)c1N. The third kappa shape index (κ3) is 2.71. The number of rotatable bonds is 4. The fourth-order valence-corrected chi connectivity index (χ4v) is 1.41. The van der Waals surface area contributed by atoms with Gasteiger partial charge in [-0.05, 0) is 19.1 Å². The molecule has 1 aromatic rings. The molecular formula is C12H15NO5. The molecule has 0 spiro atoms. The number of carbonyl (C=O) groups excluding carboxylic acids is 2. The number of hydrogen-bond donors (Lipinski definition) is 1. The second-order valence-corrected chi connectivity index (χ2v) is 3.35. The van der Waals surface area contributed by atoms with Crippen molar-refractivity contribution in [2.75, 3.05) is 26.6 Å². The maximum absolute atomic E-state index is 11.7. The number of hydrogen-bond acceptors (Lipinski definition) is 6. The normalized spacial score (nSPS) is 9.72. The van der Waals surface area contributed by atoms with Crippen LogP contribution in [0.5, 0.6) is 5.75 Å². The lowest BCUT2D eigenvalue weighted by molar-refractivity contribution is 0.0527. The Balaban J connectivity index is 3.31. The molecule has 0 bridgehead atoms. The predicted octanol–water partition coefficient (Wildman–Crippen LogP) is 1.24. The average Bonchev–Trinajstić information content (AvgIpc) is 2.38. The predicted molar refractivity (Wildman–Crippen MR) is 64.7 cm³/mol. The molecule has 0 aromatic heterocycles. The monoisotopic (exact) mass is 253 g/mol. The summed E-state index contributed by atoms with van der Waals surface area (Å²) >= 11 is 0. The van der Waals surface area contributed by atoms with Crippen molar-refractivity contribution in [2.45, 2.75) is 6.92 Å². The van der Waals surface area contributed by atoms with Gasteiger partial charge in [-0.15, -0.1) is 0 Å². The van der Waals surface area contributed by atoms with Crippen LogP contribution in [-0.4, -0.2) is 32.8 Å². The molecule has 0 amide bonds. The molecule has 6 nitrogen and oxygen atoms in total. The van der Waals surface area contributed by atoms with Gasteiger partial charge in [-0.25, -0.2) is 9.59 Å². The molecule has 0 radical (unpaired) electrons. The lowest BCUT2D eigenvalue weighted by Crippen LogP contribution is -2.12. The van der Waals surface area contributed by atoms with E-state index in [1.807, 2.05) is 0 Å². The Morgan fingerprint density at radius 2 is 1.89 bits per heavy atom. The van der Waals surface area contributed by atoms with Crippen LogP contribution in [-0.2, 0) is 9.47 Å². The molecular weight excluding hydrogens is 238 g/mol. The fourth-order valence-electron chi connectivity index (χ4n) is 1.41. The number of esters is 2. The van der Waals surface area contributed by atoms with E-state index in [1.165, 1.54) is 26.4 Å². The van der Waals surface area contributed by atoms with Gasteiger partial charge in [-0.1, -0.05) is 0 Å². The second kappa shape index (κ2) is 5.90. The van der Waals surface area contributed by atoms with Crippen LogP contribution < -0.4 is 10.5 Å². The Bertz CT molecular complexity index is 470. The highest BCUT2D eigenvalue weighted by Gasteiger charge is 2.19. The summed E-state index contributed by atoms with van der Waals surface area (Å²) in [6.07, 6.45) is 0. The van der Waals surface area contributed by atoms with E-state index in [1.54, 1.807) is 6.92 Å². The minimum Gasteiger partial charge on any atom is -0.495 e. The first-order valence-electron chi connectivity index (χ1n) is 5.28. The van der Waals surface area contributed by atoms with Crippen LogP contribution in [0, 0.1) is 0 Å². The Morgan fingerprint density at radius 3 is 2.39 bits per heavy atom. The summed E-state index contributed by atoms with van der Waals surface area (Å²) in [6, 6.07) is 2.73. The van der Waals surface area contributed by atoms with Crippen LogP contribution in [0.2, 0.25) is 0 Å². The van der Waals surface area contributed by atoms with Gasteiger partial charge in [0.2, 0.25) is 0 Å². The van der Waals surface area contributed by atoms with E-state index in [-0.39, 0.29) is 29.2 Å². The second-order valence-electron chi connectivity index (χ2n) is 3.35. The summed E-state index contributed by atoms with van der Waals surface area (Å²) in [5.74, 6) is -0.973. The molecule has 0 aliphatic heterocycles. The molecule has 0 saturated heterocycles. The summed E-state index contributed by atoms with van der Waals surface area (Å²) in [4.78, 5) is 23.1. The van der Waals surface area contributed by atoms with E-state index < -0.39 is 11.9 Å². The summed E-state index contributed by atoms with van der Waals surface area (Å²) in [5, 5.41) is 0. The average molecular weight is 253 g/mol. The minimum absolute atomic E-state index is 0.0802. The summed E-state index contributed by atoms with van der Waals surface area (Å²) in [7, 11) is 2.64. The highest BCUT2D eigenvalue weighted by Crippen LogP contribution is 2.28. The molecule has 1 rings (SSSR count). The van der Waals surface area contributed by atoms with E-state index in [0.29, 0.717) is 0 Å². The third-order valence-corrected chi connectivity index (χ3v) is 2.28. The summed E-state index contributed by atoms with van der Waals surface area (Å²) < 4.78 is 14.4. The number of carbonyl (C=O) groups is 2. The first kappa shape index (κ1) is 13.8. The van der Waals surface area contributed by atoms with E-state index >= 15 is 0 Å². The van der Waals surface area contributed by atoms with Gasteiger partial charge < -0.3 is 19.9 Å². The zero-order valence-corrected chi connectivity index (χ0v) is 10.5. The zero-order valence-electron chi connectivity index (χ0n) is 10.5. The molecule has 2 N–H and O–H groups in total. The smallest absolute Gasteiger partial charge is 0.340 e. The van der Waals surface area contributed by atoms with Crippen LogP contribution in [0.4, 0.5) is 5.69 Å². The Labute approximate surface area is 105 Å². The topological polar surface area (TPSA) is 87.9 Å². The van der Waals surface area contributed by atoms with Crippen LogP contribution in [0.25, 0.3) is 0 Å². The highest BCUT2D eigenvalue weighted by molar-refractivity contribution is 6.01. The minimum atomic E-state index is -0.612. The van der Waals surface area contributed by atoms with Gasteiger partial charge in [0.1, 0.15) is 5.75 Å². The standard InChI is InChI=1S/C12H15NO5/c1-4-18-12(15)8-5-7(11(14)17-3)6-9(16-2)10(8)13/h5-6H,4,13H2,1-3H3. The van der Waals surface area contributed by atoms with Crippen molar-refractivity contribution in [3.05, 3.63) is 23.3 Å². The number of ether oxygens (including phenoxy) is 3. The Morgan fingerprint density at radius 1 is 1.22 bits per heavy atom.